The average molecular weight is 453 g/mol. The number of nitrogens with one attached hydrogen (secondary N) is 1. The second-order valence-electron chi connectivity index (χ2n) is 8.40. The molecule has 1 aliphatic heterocycles. The van der Waals surface area contributed by atoms with Crippen LogP contribution in [-0.4, -0.2) is 48.4 Å². The summed E-state index contributed by atoms with van der Waals surface area (Å²) in [6.07, 6.45) is 4.03. The monoisotopic (exact) mass is 452 g/mol. The highest BCUT2D eigenvalue weighted by Gasteiger charge is 2.26. The molecule has 0 saturated carbocycles. The van der Waals surface area contributed by atoms with Gasteiger partial charge in [-0.25, -0.2) is 18.1 Å². The average Bonchev–Trinajstić information content (AvgIpc) is 3.22. The molecule has 2 aromatic rings. The van der Waals surface area contributed by atoms with Gasteiger partial charge < -0.3 is 9.47 Å². The van der Waals surface area contributed by atoms with Crippen molar-refractivity contribution in [2.45, 2.75) is 58.3 Å². The summed E-state index contributed by atoms with van der Waals surface area (Å²) in [5.74, 6) is 0.458. The van der Waals surface area contributed by atoms with Crippen molar-refractivity contribution in [3.8, 4) is 10.7 Å². The molecule has 3 rings (SSSR count). The van der Waals surface area contributed by atoms with Crippen molar-refractivity contribution in [3.05, 3.63) is 22.3 Å². The zero-order valence-corrected chi connectivity index (χ0v) is 20.1. The minimum absolute atomic E-state index is 0.0325. The maximum absolute atomic E-state index is 12.9. The second-order valence-corrected chi connectivity index (χ2v) is 11.1. The Morgan fingerprint density at radius 3 is 2.53 bits per heavy atom. The molecule has 1 saturated heterocycles. The van der Waals surface area contributed by atoms with Crippen LogP contribution in [0.4, 0.5) is 0 Å². The Morgan fingerprint density at radius 1 is 1.23 bits per heavy atom. The molecule has 3 heterocycles. The number of sulfonamides is 1. The first kappa shape index (κ1) is 23.0. The lowest BCUT2D eigenvalue weighted by Crippen LogP contribution is -2.35. The highest BCUT2D eigenvalue weighted by Crippen LogP contribution is 2.33. The van der Waals surface area contributed by atoms with Gasteiger partial charge >= 0.3 is 0 Å². The van der Waals surface area contributed by atoms with Gasteiger partial charge in [0, 0.05) is 32.4 Å². The van der Waals surface area contributed by atoms with Crippen molar-refractivity contribution in [3.63, 3.8) is 0 Å². The molecule has 1 aliphatic rings. The van der Waals surface area contributed by atoms with E-state index in [2.05, 4.69) is 23.6 Å². The van der Waals surface area contributed by atoms with Crippen molar-refractivity contribution in [1.82, 2.24) is 19.2 Å². The molecule has 30 heavy (non-hydrogen) atoms. The molecule has 0 atom stereocenters. The lowest BCUT2D eigenvalue weighted by atomic mass is 10.1. The maximum Gasteiger partial charge on any atom is 0.265 e. The standard InChI is InChI=1S/C21H32N4O3S2/c1-14(2)9-10-22-30(27,28)18-13-17(24(5)16(18)4)20-23-15(3)19(29-20)21(26)25-11-7-6-8-12-25/h13-14,22H,6-12H2,1-5H3. The number of aryl methyl sites for hydroxylation is 1. The predicted molar refractivity (Wildman–Crippen MR) is 120 cm³/mol. The number of piperidine rings is 1. The fourth-order valence-electron chi connectivity index (χ4n) is 3.65. The molecule has 0 spiro atoms. The van der Waals surface area contributed by atoms with E-state index in [9.17, 15) is 13.2 Å². The number of aromatic nitrogens is 2. The Bertz CT molecular complexity index is 1020. The van der Waals surface area contributed by atoms with Crippen LogP contribution in [0, 0.1) is 19.8 Å². The van der Waals surface area contributed by atoms with E-state index < -0.39 is 10.0 Å². The van der Waals surface area contributed by atoms with Gasteiger partial charge in [0.05, 0.1) is 11.4 Å². The van der Waals surface area contributed by atoms with Crippen LogP contribution in [0.25, 0.3) is 10.7 Å². The first-order valence-corrected chi connectivity index (χ1v) is 12.8. The molecule has 7 nitrogen and oxygen atoms in total. The summed E-state index contributed by atoms with van der Waals surface area (Å²) in [4.78, 5) is 20.4. The molecule has 166 valence electrons. The Hall–Kier alpha value is -1.71. The van der Waals surface area contributed by atoms with E-state index in [1.165, 1.54) is 17.8 Å². The van der Waals surface area contributed by atoms with E-state index >= 15 is 0 Å². The molecule has 0 aromatic carbocycles. The third kappa shape index (κ3) is 4.78. The number of carbonyl (C=O) groups excluding carboxylic acids is 1. The normalized spacial score (nSPS) is 15.2. The molecule has 1 fully saturated rings. The Labute approximate surface area is 183 Å². The van der Waals surface area contributed by atoms with Crippen LogP contribution in [-0.2, 0) is 17.1 Å². The highest BCUT2D eigenvalue weighted by molar-refractivity contribution is 7.89. The summed E-state index contributed by atoms with van der Waals surface area (Å²) in [7, 11) is -1.77. The summed E-state index contributed by atoms with van der Waals surface area (Å²) >= 11 is 1.34. The van der Waals surface area contributed by atoms with Crippen LogP contribution >= 0.6 is 11.3 Å². The Kier molecular flexibility index (Phi) is 7.04. The summed E-state index contributed by atoms with van der Waals surface area (Å²) < 4.78 is 30.2. The van der Waals surface area contributed by atoms with Crippen LogP contribution < -0.4 is 4.72 Å². The van der Waals surface area contributed by atoms with Crippen molar-refractivity contribution in [2.24, 2.45) is 13.0 Å². The van der Waals surface area contributed by atoms with Gasteiger partial charge in [-0.15, -0.1) is 11.3 Å². The molecule has 0 radical (unpaired) electrons. The summed E-state index contributed by atoms with van der Waals surface area (Å²) in [5.41, 5.74) is 2.06. The number of likely N-dealkylation sites (tertiary alicyclic amines) is 1. The largest absolute Gasteiger partial charge is 0.345 e. The quantitative estimate of drug-likeness (QED) is 0.694. The first-order chi connectivity index (χ1) is 14.1. The van der Waals surface area contributed by atoms with Gasteiger partial charge in [-0.05, 0) is 51.5 Å². The molecule has 0 unspecified atom stereocenters. The van der Waals surface area contributed by atoms with E-state index in [-0.39, 0.29) is 10.8 Å². The summed E-state index contributed by atoms with van der Waals surface area (Å²) in [6, 6.07) is 1.67. The summed E-state index contributed by atoms with van der Waals surface area (Å²) in [5, 5.41) is 0.669. The number of rotatable bonds is 7. The van der Waals surface area contributed by atoms with Crippen LogP contribution in [0.3, 0.4) is 0 Å². The van der Waals surface area contributed by atoms with Gasteiger partial charge in [0.15, 0.2) is 0 Å². The number of carbonyl (C=O) groups is 1. The minimum Gasteiger partial charge on any atom is -0.345 e. The highest BCUT2D eigenvalue weighted by atomic mass is 32.2. The fourth-order valence-corrected chi connectivity index (χ4v) is 6.07. The SMILES string of the molecule is Cc1nc(-c2cc(S(=O)(=O)NCCC(C)C)c(C)n2C)sc1C(=O)N1CCCCC1. The van der Waals surface area contributed by atoms with Crippen LogP contribution in [0.1, 0.15) is 60.6 Å². The van der Waals surface area contributed by atoms with Crippen LogP contribution in [0.2, 0.25) is 0 Å². The van der Waals surface area contributed by atoms with E-state index in [1.54, 1.807) is 13.0 Å². The molecule has 1 amide bonds. The lowest BCUT2D eigenvalue weighted by Gasteiger charge is -2.26. The zero-order valence-electron chi connectivity index (χ0n) is 18.5. The van der Waals surface area contributed by atoms with Gasteiger partial charge in [0.1, 0.15) is 14.8 Å². The maximum atomic E-state index is 12.9. The van der Waals surface area contributed by atoms with Crippen LogP contribution in [0.5, 0.6) is 0 Å². The molecule has 2 aromatic heterocycles. The second kappa shape index (κ2) is 9.20. The smallest absolute Gasteiger partial charge is 0.265 e. The number of hydrogen-bond acceptors (Lipinski definition) is 5. The van der Waals surface area contributed by atoms with E-state index in [0.717, 1.165) is 32.4 Å². The third-order valence-corrected chi connectivity index (χ3v) is 8.39. The van der Waals surface area contributed by atoms with Crippen molar-refractivity contribution < 1.29 is 13.2 Å². The molecule has 9 heteroatoms. The van der Waals surface area contributed by atoms with Crippen molar-refractivity contribution in [1.29, 1.82) is 0 Å². The topological polar surface area (TPSA) is 84.3 Å². The Morgan fingerprint density at radius 2 is 1.90 bits per heavy atom. The molecule has 1 N–H and O–H groups in total. The zero-order chi connectivity index (χ0) is 22.1. The molecular formula is C21H32N4O3S2. The lowest BCUT2D eigenvalue weighted by molar-refractivity contribution is 0.0728. The Balaban J connectivity index is 1.88. The van der Waals surface area contributed by atoms with Gasteiger partial charge in [-0.1, -0.05) is 13.8 Å². The minimum atomic E-state index is -3.60. The number of amides is 1. The molecular weight excluding hydrogens is 420 g/mol. The van der Waals surface area contributed by atoms with E-state index in [0.29, 0.717) is 39.4 Å². The first-order valence-electron chi connectivity index (χ1n) is 10.5. The molecule has 0 aliphatic carbocycles. The van der Waals surface area contributed by atoms with Gasteiger partial charge in [-0.2, -0.15) is 0 Å². The van der Waals surface area contributed by atoms with Gasteiger partial charge in [0.2, 0.25) is 10.0 Å². The van der Waals surface area contributed by atoms with E-state index in [4.69, 9.17) is 0 Å². The third-order valence-electron chi connectivity index (χ3n) is 5.65. The van der Waals surface area contributed by atoms with Gasteiger partial charge in [0.25, 0.3) is 5.91 Å². The summed E-state index contributed by atoms with van der Waals surface area (Å²) in [6.45, 7) is 9.76. The van der Waals surface area contributed by atoms with Crippen molar-refractivity contribution >= 4 is 27.3 Å². The van der Waals surface area contributed by atoms with Gasteiger partial charge in [-0.3, -0.25) is 4.79 Å². The number of hydrogen-bond donors (Lipinski definition) is 1. The van der Waals surface area contributed by atoms with Crippen LogP contribution in [0.15, 0.2) is 11.0 Å². The van der Waals surface area contributed by atoms with Crippen molar-refractivity contribution in [2.75, 3.05) is 19.6 Å². The predicted octanol–water partition coefficient (Wildman–Crippen LogP) is 3.72. The molecule has 0 bridgehead atoms. The number of nitrogens with zero attached hydrogens (tertiary/aromatic N) is 3. The number of thiazole rings is 1. The van der Waals surface area contributed by atoms with E-state index in [1.807, 2.05) is 23.4 Å². The fraction of sp³-hybridized carbons (Fsp3) is 0.619.